The van der Waals surface area contributed by atoms with E-state index in [0.29, 0.717) is 5.69 Å². The Morgan fingerprint density at radius 2 is 1.96 bits per heavy atom. The van der Waals surface area contributed by atoms with Gasteiger partial charge in [0.05, 0.1) is 4.92 Å². The number of fused-ring (bicyclic) bond motifs is 1. The molecule has 10 heteroatoms. The van der Waals surface area contributed by atoms with Crippen molar-refractivity contribution in [2.24, 2.45) is 0 Å². The molecule has 0 aliphatic carbocycles. The van der Waals surface area contributed by atoms with E-state index in [1.54, 1.807) is 42.5 Å². The first-order valence-corrected chi connectivity index (χ1v) is 8.70. The molecule has 0 bridgehead atoms. The van der Waals surface area contributed by atoms with E-state index in [1.165, 1.54) is 6.20 Å². The summed E-state index contributed by atoms with van der Waals surface area (Å²) in [5.74, 6) is -0.433. The maximum atomic E-state index is 12.3. The van der Waals surface area contributed by atoms with Crippen LogP contribution in [0.15, 0.2) is 57.9 Å². The third-order valence-electron chi connectivity index (χ3n) is 3.67. The number of nitrogens with one attached hydrogen (secondary N) is 2. The third kappa shape index (κ3) is 4.29. The number of rotatable bonds is 6. The SMILES string of the molecule is O=C(CCNc1nc2ccccn2c(=O)c1[N+](=O)[O-])Nc1ccc(Br)cc1. The minimum atomic E-state index is -0.785. The fourth-order valence-corrected chi connectivity index (χ4v) is 2.68. The van der Waals surface area contributed by atoms with Crippen LogP contribution in [0.3, 0.4) is 0 Å². The average molecular weight is 432 g/mol. The molecule has 27 heavy (non-hydrogen) atoms. The normalized spacial score (nSPS) is 10.6. The summed E-state index contributed by atoms with van der Waals surface area (Å²) in [4.78, 5) is 38.9. The molecule has 0 aliphatic rings. The maximum absolute atomic E-state index is 12.3. The zero-order valence-corrected chi connectivity index (χ0v) is 15.5. The summed E-state index contributed by atoms with van der Waals surface area (Å²) in [6, 6.07) is 11.9. The number of carbonyl (C=O) groups excluding carboxylic acids is 1. The number of hydrogen-bond acceptors (Lipinski definition) is 6. The highest BCUT2D eigenvalue weighted by atomic mass is 79.9. The largest absolute Gasteiger partial charge is 0.376 e. The van der Waals surface area contributed by atoms with E-state index in [1.807, 2.05) is 0 Å². The van der Waals surface area contributed by atoms with Crippen molar-refractivity contribution in [2.75, 3.05) is 17.2 Å². The van der Waals surface area contributed by atoms with Gasteiger partial charge in [0, 0.05) is 29.3 Å². The average Bonchev–Trinajstić information content (AvgIpc) is 2.63. The summed E-state index contributed by atoms with van der Waals surface area (Å²) in [6.07, 6.45) is 1.45. The van der Waals surface area contributed by atoms with Gasteiger partial charge in [-0.2, -0.15) is 0 Å². The van der Waals surface area contributed by atoms with E-state index >= 15 is 0 Å². The van der Waals surface area contributed by atoms with E-state index in [0.717, 1.165) is 8.87 Å². The number of aromatic nitrogens is 2. The van der Waals surface area contributed by atoms with Crippen LogP contribution < -0.4 is 16.2 Å². The van der Waals surface area contributed by atoms with Crippen LogP contribution in [0.4, 0.5) is 17.2 Å². The van der Waals surface area contributed by atoms with E-state index in [-0.39, 0.29) is 30.3 Å². The Morgan fingerprint density at radius 3 is 2.67 bits per heavy atom. The van der Waals surface area contributed by atoms with Gasteiger partial charge in [-0.05, 0) is 36.4 Å². The van der Waals surface area contributed by atoms with Crippen LogP contribution in [0, 0.1) is 10.1 Å². The van der Waals surface area contributed by atoms with Crippen LogP contribution in [0.1, 0.15) is 6.42 Å². The number of nitro groups is 1. The monoisotopic (exact) mass is 431 g/mol. The van der Waals surface area contributed by atoms with Crippen LogP contribution in [0.2, 0.25) is 0 Å². The van der Waals surface area contributed by atoms with Crippen molar-refractivity contribution in [1.82, 2.24) is 9.38 Å². The first-order chi connectivity index (χ1) is 13.0. The molecule has 0 saturated heterocycles. The van der Waals surface area contributed by atoms with Crippen LogP contribution in [0.5, 0.6) is 0 Å². The first-order valence-electron chi connectivity index (χ1n) is 7.91. The summed E-state index contributed by atoms with van der Waals surface area (Å²) in [5.41, 5.74) is -0.536. The van der Waals surface area contributed by atoms with Gasteiger partial charge in [0.1, 0.15) is 5.65 Å². The van der Waals surface area contributed by atoms with Gasteiger partial charge < -0.3 is 10.6 Å². The molecule has 9 nitrogen and oxygen atoms in total. The van der Waals surface area contributed by atoms with Crippen molar-refractivity contribution < 1.29 is 9.72 Å². The van der Waals surface area contributed by atoms with Crippen LogP contribution >= 0.6 is 15.9 Å². The lowest BCUT2D eigenvalue weighted by molar-refractivity contribution is -0.385. The van der Waals surface area contributed by atoms with Crippen molar-refractivity contribution >= 4 is 44.7 Å². The number of amides is 1. The number of nitrogens with zero attached hydrogens (tertiary/aromatic N) is 3. The summed E-state index contributed by atoms with van der Waals surface area (Å²) in [7, 11) is 0. The molecule has 2 aromatic heterocycles. The molecule has 3 rings (SSSR count). The summed E-state index contributed by atoms with van der Waals surface area (Å²) >= 11 is 3.31. The van der Waals surface area contributed by atoms with E-state index in [9.17, 15) is 19.7 Å². The van der Waals surface area contributed by atoms with Gasteiger partial charge in [-0.3, -0.25) is 24.1 Å². The highest BCUT2D eigenvalue weighted by molar-refractivity contribution is 9.10. The Morgan fingerprint density at radius 1 is 1.22 bits per heavy atom. The topological polar surface area (TPSA) is 119 Å². The number of pyridine rings is 1. The van der Waals surface area contributed by atoms with Gasteiger partial charge in [-0.25, -0.2) is 4.98 Å². The molecule has 0 saturated carbocycles. The molecule has 1 aromatic carbocycles. The number of halogens is 1. The van der Waals surface area contributed by atoms with Gasteiger partial charge in [-0.15, -0.1) is 0 Å². The molecular formula is C17H14BrN5O4. The second-order valence-corrected chi connectivity index (χ2v) is 6.45. The van der Waals surface area contributed by atoms with Crippen LogP contribution in [-0.2, 0) is 4.79 Å². The second kappa shape index (κ2) is 7.96. The van der Waals surface area contributed by atoms with Crippen LogP contribution in [-0.4, -0.2) is 26.8 Å². The van der Waals surface area contributed by atoms with Gasteiger partial charge in [0.2, 0.25) is 11.7 Å². The molecule has 1 amide bonds. The fourth-order valence-electron chi connectivity index (χ4n) is 2.42. The molecule has 0 atom stereocenters. The lowest BCUT2D eigenvalue weighted by Crippen LogP contribution is -2.22. The summed E-state index contributed by atoms with van der Waals surface area (Å²) < 4.78 is 1.99. The molecule has 0 fully saturated rings. The zero-order chi connectivity index (χ0) is 19.4. The standard InChI is InChI=1S/C17H14BrN5O4/c18-11-4-6-12(7-5-11)20-14(24)8-9-19-16-15(23(26)27)17(25)22-10-2-1-3-13(22)21-16/h1-7,10,19H,8-9H2,(H,20,24). The van der Waals surface area contributed by atoms with E-state index < -0.39 is 16.2 Å². The predicted octanol–water partition coefficient (Wildman–Crippen LogP) is 2.81. The molecule has 0 spiro atoms. The molecule has 2 N–H and O–H groups in total. The Bertz CT molecular complexity index is 1070. The molecule has 3 aromatic rings. The van der Waals surface area contributed by atoms with Gasteiger partial charge in [0.25, 0.3) is 0 Å². The number of carbonyl (C=O) groups is 1. The molecule has 0 unspecified atom stereocenters. The van der Waals surface area contributed by atoms with Gasteiger partial charge in [0.15, 0.2) is 0 Å². The van der Waals surface area contributed by atoms with Crippen molar-refractivity contribution in [1.29, 1.82) is 0 Å². The maximum Gasteiger partial charge on any atom is 0.376 e. The number of hydrogen-bond donors (Lipinski definition) is 2. The van der Waals surface area contributed by atoms with Gasteiger partial charge in [-0.1, -0.05) is 22.0 Å². The highest BCUT2D eigenvalue weighted by Crippen LogP contribution is 2.18. The lowest BCUT2D eigenvalue weighted by Gasteiger charge is -2.08. The lowest BCUT2D eigenvalue weighted by atomic mass is 10.3. The number of anilines is 2. The third-order valence-corrected chi connectivity index (χ3v) is 4.19. The molecule has 0 radical (unpaired) electrons. The Kier molecular flexibility index (Phi) is 5.46. The minimum Gasteiger partial charge on any atom is -0.364 e. The van der Waals surface area contributed by atoms with Crippen molar-refractivity contribution in [3.8, 4) is 0 Å². The molecule has 138 valence electrons. The summed E-state index contributed by atoms with van der Waals surface area (Å²) in [6.45, 7) is 0.0820. The quantitative estimate of drug-likeness (QED) is 0.457. The zero-order valence-electron chi connectivity index (χ0n) is 13.9. The molecular weight excluding hydrogens is 418 g/mol. The van der Waals surface area contributed by atoms with Gasteiger partial charge >= 0.3 is 11.2 Å². The molecule has 0 aliphatic heterocycles. The van der Waals surface area contributed by atoms with Crippen LogP contribution in [0.25, 0.3) is 5.65 Å². The Labute approximate surface area is 161 Å². The fraction of sp³-hybridized carbons (Fsp3) is 0.118. The van der Waals surface area contributed by atoms with Crippen molar-refractivity contribution in [3.63, 3.8) is 0 Å². The Hall–Kier alpha value is -3.27. The van der Waals surface area contributed by atoms with E-state index in [4.69, 9.17) is 0 Å². The van der Waals surface area contributed by atoms with Crippen molar-refractivity contribution in [3.05, 3.63) is 73.6 Å². The minimum absolute atomic E-state index is 0.0447. The van der Waals surface area contributed by atoms with E-state index in [2.05, 4.69) is 31.5 Å². The number of benzene rings is 1. The second-order valence-electron chi connectivity index (χ2n) is 5.53. The first kappa shape index (κ1) is 18.5. The predicted molar refractivity (Wildman–Crippen MR) is 104 cm³/mol. The highest BCUT2D eigenvalue weighted by Gasteiger charge is 2.23. The van der Waals surface area contributed by atoms with Crippen molar-refractivity contribution in [2.45, 2.75) is 6.42 Å². The smallest absolute Gasteiger partial charge is 0.364 e. The molecule has 2 heterocycles. The summed E-state index contributed by atoms with van der Waals surface area (Å²) in [5, 5.41) is 16.7. The Balaban J connectivity index is 1.72.